The number of hydrogen-bond acceptors (Lipinski definition) is 3. The Morgan fingerprint density at radius 3 is 2.53 bits per heavy atom. The largest absolute Gasteiger partial charge is 0.379 e. The second-order valence-corrected chi connectivity index (χ2v) is 6.28. The quantitative estimate of drug-likeness (QED) is 0.811. The van der Waals surface area contributed by atoms with Crippen molar-refractivity contribution in [3.05, 3.63) is 0 Å². The molecule has 5 nitrogen and oxygen atoms in total. The molecule has 0 spiro atoms. The van der Waals surface area contributed by atoms with Gasteiger partial charge in [-0.25, -0.2) is 0 Å². The van der Waals surface area contributed by atoms with Crippen LogP contribution in [-0.2, 0) is 14.3 Å². The highest BCUT2D eigenvalue weighted by molar-refractivity contribution is 5.97. The summed E-state index contributed by atoms with van der Waals surface area (Å²) >= 11 is 0. The fourth-order valence-electron chi connectivity index (χ4n) is 3.25. The summed E-state index contributed by atoms with van der Waals surface area (Å²) in [5.41, 5.74) is 0. The van der Waals surface area contributed by atoms with E-state index in [1.807, 2.05) is 18.7 Å². The minimum atomic E-state index is -0.339. The molecule has 0 bridgehead atoms. The first kappa shape index (κ1) is 12.9. The number of nitrogens with one attached hydrogen (secondary N) is 1. The SMILES string of the molecule is CC(C)C1C(=O)NC(C2CC2)C(=O)N1C1CCOC1. The number of carbonyl (C=O) groups excluding carboxylic acids is 2. The van der Waals surface area contributed by atoms with Gasteiger partial charge in [0.25, 0.3) is 0 Å². The summed E-state index contributed by atoms with van der Waals surface area (Å²) in [5.74, 6) is 0.605. The lowest BCUT2D eigenvalue weighted by Gasteiger charge is -2.43. The molecular weight excluding hydrogens is 244 g/mol. The predicted octanol–water partition coefficient (Wildman–Crippen LogP) is 0.537. The predicted molar refractivity (Wildman–Crippen MR) is 69.4 cm³/mol. The molecule has 2 saturated heterocycles. The van der Waals surface area contributed by atoms with Gasteiger partial charge in [-0.05, 0) is 31.1 Å². The number of hydrogen-bond donors (Lipinski definition) is 1. The van der Waals surface area contributed by atoms with E-state index < -0.39 is 0 Å². The molecule has 106 valence electrons. The van der Waals surface area contributed by atoms with Gasteiger partial charge in [-0.2, -0.15) is 0 Å². The summed E-state index contributed by atoms with van der Waals surface area (Å²) < 4.78 is 5.41. The summed E-state index contributed by atoms with van der Waals surface area (Å²) in [6.45, 7) is 5.25. The standard InChI is InChI=1S/C14H22N2O3/c1-8(2)12-13(17)15-11(9-3-4-9)14(18)16(12)10-5-6-19-7-10/h8-12H,3-7H2,1-2H3,(H,15,17). The summed E-state index contributed by atoms with van der Waals surface area (Å²) in [5, 5.41) is 2.94. The van der Waals surface area contributed by atoms with Gasteiger partial charge in [-0.1, -0.05) is 13.8 Å². The van der Waals surface area contributed by atoms with Crippen molar-refractivity contribution in [3.63, 3.8) is 0 Å². The maximum absolute atomic E-state index is 12.7. The molecule has 3 fully saturated rings. The fraction of sp³-hybridized carbons (Fsp3) is 0.857. The van der Waals surface area contributed by atoms with Crippen LogP contribution in [-0.4, -0.2) is 48.1 Å². The van der Waals surface area contributed by atoms with Crippen molar-refractivity contribution in [1.82, 2.24) is 10.2 Å². The molecule has 3 unspecified atom stereocenters. The fourth-order valence-corrected chi connectivity index (χ4v) is 3.25. The van der Waals surface area contributed by atoms with Crippen molar-refractivity contribution in [1.29, 1.82) is 0 Å². The summed E-state index contributed by atoms with van der Waals surface area (Å²) in [6, 6.07) is -0.551. The normalized spacial score (nSPS) is 35.9. The Bertz CT molecular complexity index is 386. The molecule has 0 aromatic carbocycles. The second-order valence-electron chi connectivity index (χ2n) is 6.28. The van der Waals surface area contributed by atoms with Crippen LogP contribution in [0, 0.1) is 11.8 Å². The van der Waals surface area contributed by atoms with Crippen LogP contribution >= 0.6 is 0 Å². The van der Waals surface area contributed by atoms with Gasteiger partial charge in [-0.3, -0.25) is 9.59 Å². The van der Waals surface area contributed by atoms with E-state index in [4.69, 9.17) is 4.74 Å². The third kappa shape index (κ3) is 2.24. The molecule has 2 amide bonds. The number of nitrogens with zero attached hydrogens (tertiary/aromatic N) is 1. The van der Waals surface area contributed by atoms with Gasteiger partial charge in [0, 0.05) is 6.61 Å². The first-order valence-corrected chi connectivity index (χ1v) is 7.30. The maximum Gasteiger partial charge on any atom is 0.246 e. The number of amides is 2. The zero-order valence-corrected chi connectivity index (χ0v) is 11.6. The van der Waals surface area contributed by atoms with Crippen molar-refractivity contribution >= 4 is 11.8 Å². The van der Waals surface area contributed by atoms with Crippen LogP contribution in [0.3, 0.4) is 0 Å². The van der Waals surface area contributed by atoms with Crippen molar-refractivity contribution in [3.8, 4) is 0 Å². The topological polar surface area (TPSA) is 58.6 Å². The zero-order chi connectivity index (χ0) is 13.6. The summed E-state index contributed by atoms with van der Waals surface area (Å²) in [4.78, 5) is 26.9. The van der Waals surface area contributed by atoms with E-state index in [1.165, 1.54) is 0 Å². The molecule has 0 radical (unpaired) electrons. The number of carbonyl (C=O) groups is 2. The van der Waals surface area contributed by atoms with Crippen molar-refractivity contribution < 1.29 is 14.3 Å². The second kappa shape index (κ2) is 4.78. The van der Waals surface area contributed by atoms with Gasteiger partial charge < -0.3 is 15.0 Å². The molecular formula is C14H22N2O3. The Hall–Kier alpha value is -1.10. The lowest BCUT2D eigenvalue weighted by Crippen LogP contribution is -2.67. The Morgan fingerprint density at radius 2 is 2.00 bits per heavy atom. The van der Waals surface area contributed by atoms with Crippen LogP contribution in [0.25, 0.3) is 0 Å². The number of rotatable bonds is 3. The Kier molecular flexibility index (Phi) is 3.25. The van der Waals surface area contributed by atoms with E-state index in [9.17, 15) is 9.59 Å². The molecule has 19 heavy (non-hydrogen) atoms. The van der Waals surface area contributed by atoms with Crippen LogP contribution in [0.2, 0.25) is 0 Å². The molecule has 0 aromatic heterocycles. The van der Waals surface area contributed by atoms with Crippen molar-refractivity contribution in [2.24, 2.45) is 11.8 Å². The molecule has 3 atom stereocenters. The average Bonchev–Trinajstić information content (AvgIpc) is 3.06. The Balaban J connectivity index is 1.87. The van der Waals surface area contributed by atoms with Crippen molar-refractivity contribution in [2.75, 3.05) is 13.2 Å². The molecule has 1 aliphatic carbocycles. The van der Waals surface area contributed by atoms with E-state index in [0.717, 1.165) is 19.3 Å². The van der Waals surface area contributed by atoms with Gasteiger partial charge in [0.2, 0.25) is 11.8 Å². The average molecular weight is 266 g/mol. The lowest BCUT2D eigenvalue weighted by atomic mass is 9.93. The highest BCUT2D eigenvalue weighted by Gasteiger charge is 2.50. The maximum atomic E-state index is 12.7. The van der Waals surface area contributed by atoms with Crippen LogP contribution < -0.4 is 5.32 Å². The molecule has 3 aliphatic rings. The highest BCUT2D eigenvalue weighted by Crippen LogP contribution is 2.36. The number of ether oxygens (including phenoxy) is 1. The van der Waals surface area contributed by atoms with E-state index >= 15 is 0 Å². The summed E-state index contributed by atoms with van der Waals surface area (Å²) in [6.07, 6.45) is 2.95. The lowest BCUT2D eigenvalue weighted by molar-refractivity contribution is -0.154. The smallest absolute Gasteiger partial charge is 0.246 e. The molecule has 2 heterocycles. The van der Waals surface area contributed by atoms with Crippen LogP contribution in [0.5, 0.6) is 0 Å². The summed E-state index contributed by atoms with van der Waals surface area (Å²) in [7, 11) is 0. The highest BCUT2D eigenvalue weighted by atomic mass is 16.5. The molecule has 5 heteroatoms. The van der Waals surface area contributed by atoms with E-state index in [0.29, 0.717) is 19.1 Å². The Labute approximate surface area is 113 Å². The van der Waals surface area contributed by atoms with E-state index in [1.54, 1.807) is 0 Å². The molecule has 2 aliphatic heterocycles. The van der Waals surface area contributed by atoms with E-state index in [-0.39, 0.29) is 35.9 Å². The van der Waals surface area contributed by atoms with Crippen molar-refractivity contribution in [2.45, 2.75) is 51.2 Å². The zero-order valence-electron chi connectivity index (χ0n) is 11.6. The van der Waals surface area contributed by atoms with Gasteiger partial charge in [0.15, 0.2) is 0 Å². The van der Waals surface area contributed by atoms with Crippen LogP contribution in [0.15, 0.2) is 0 Å². The first-order chi connectivity index (χ1) is 9.09. The van der Waals surface area contributed by atoms with Crippen LogP contribution in [0.4, 0.5) is 0 Å². The molecule has 1 saturated carbocycles. The van der Waals surface area contributed by atoms with Crippen LogP contribution in [0.1, 0.15) is 33.1 Å². The van der Waals surface area contributed by atoms with Gasteiger partial charge >= 0.3 is 0 Å². The molecule has 1 N–H and O–H groups in total. The van der Waals surface area contributed by atoms with E-state index in [2.05, 4.69) is 5.32 Å². The third-order valence-electron chi connectivity index (χ3n) is 4.41. The third-order valence-corrected chi connectivity index (χ3v) is 4.41. The van der Waals surface area contributed by atoms with Gasteiger partial charge in [0.1, 0.15) is 12.1 Å². The van der Waals surface area contributed by atoms with Gasteiger partial charge in [0.05, 0.1) is 12.6 Å². The first-order valence-electron chi connectivity index (χ1n) is 7.30. The minimum Gasteiger partial charge on any atom is -0.379 e. The minimum absolute atomic E-state index is 0.0124. The molecule has 3 rings (SSSR count). The monoisotopic (exact) mass is 266 g/mol. The van der Waals surface area contributed by atoms with Gasteiger partial charge in [-0.15, -0.1) is 0 Å². The number of piperazine rings is 1. The molecule has 0 aromatic rings. The Morgan fingerprint density at radius 1 is 1.26 bits per heavy atom.